The summed E-state index contributed by atoms with van der Waals surface area (Å²) in [6, 6.07) is 6.61. The van der Waals surface area contributed by atoms with E-state index in [1.165, 1.54) is 48.1 Å². The lowest BCUT2D eigenvalue weighted by atomic mass is 9.94. The van der Waals surface area contributed by atoms with Gasteiger partial charge in [-0.05, 0) is 59.3 Å². The van der Waals surface area contributed by atoms with E-state index < -0.39 is 0 Å². The first-order chi connectivity index (χ1) is 8.61. The minimum Gasteiger partial charge on any atom is -0.371 e. The van der Waals surface area contributed by atoms with E-state index in [1.807, 2.05) is 6.92 Å². The van der Waals surface area contributed by atoms with Gasteiger partial charge in [-0.2, -0.15) is 0 Å². The molecule has 1 aliphatic rings. The van der Waals surface area contributed by atoms with E-state index in [-0.39, 0.29) is 6.04 Å². The topological polar surface area (TPSA) is 29.3 Å². The molecule has 3 heteroatoms. The Morgan fingerprint density at radius 2 is 2.06 bits per heavy atom. The Morgan fingerprint density at radius 1 is 1.39 bits per heavy atom. The molecule has 1 aromatic rings. The van der Waals surface area contributed by atoms with Crippen LogP contribution in [0.25, 0.3) is 0 Å². The molecule has 1 aromatic carbocycles. The fraction of sp³-hybridized carbons (Fsp3) is 0.600. The minimum absolute atomic E-state index is 0.0983. The van der Waals surface area contributed by atoms with Crippen LogP contribution in [0.4, 0.5) is 5.69 Å². The molecule has 0 spiro atoms. The standard InChI is InChI=1S/C15H23BrN2/c1-3-12-6-8-18(9-7-12)15-5-4-13(11(2)17)10-14(15)16/h4-5,10-12H,3,6-9,17H2,1-2H3. The Hall–Kier alpha value is -0.540. The van der Waals surface area contributed by atoms with Crippen LogP contribution in [0.15, 0.2) is 22.7 Å². The van der Waals surface area contributed by atoms with Crippen molar-refractivity contribution in [3.05, 3.63) is 28.2 Å². The molecule has 0 bridgehead atoms. The maximum absolute atomic E-state index is 5.91. The molecule has 1 unspecified atom stereocenters. The Bertz CT molecular complexity index is 395. The van der Waals surface area contributed by atoms with Gasteiger partial charge in [-0.15, -0.1) is 0 Å². The number of hydrogen-bond acceptors (Lipinski definition) is 2. The number of piperidine rings is 1. The van der Waals surface area contributed by atoms with Gasteiger partial charge in [-0.3, -0.25) is 0 Å². The van der Waals surface area contributed by atoms with E-state index >= 15 is 0 Å². The summed E-state index contributed by atoms with van der Waals surface area (Å²) >= 11 is 3.69. The van der Waals surface area contributed by atoms with Crippen molar-refractivity contribution in [3.8, 4) is 0 Å². The highest BCUT2D eigenvalue weighted by atomic mass is 79.9. The number of halogens is 1. The largest absolute Gasteiger partial charge is 0.371 e. The van der Waals surface area contributed by atoms with Crippen LogP contribution in [0, 0.1) is 5.92 Å². The van der Waals surface area contributed by atoms with E-state index in [0.717, 1.165) is 5.92 Å². The molecule has 0 aromatic heterocycles. The van der Waals surface area contributed by atoms with Gasteiger partial charge in [0.25, 0.3) is 0 Å². The van der Waals surface area contributed by atoms with Crippen LogP contribution in [0.2, 0.25) is 0 Å². The van der Waals surface area contributed by atoms with Crippen LogP contribution in [0.3, 0.4) is 0 Å². The Kier molecular flexibility index (Phi) is 4.68. The molecule has 18 heavy (non-hydrogen) atoms. The molecule has 1 saturated heterocycles. The Balaban J connectivity index is 2.10. The van der Waals surface area contributed by atoms with Gasteiger partial charge >= 0.3 is 0 Å². The SMILES string of the molecule is CCC1CCN(c2ccc(C(C)N)cc2Br)CC1. The van der Waals surface area contributed by atoms with Crippen molar-refractivity contribution in [2.45, 2.75) is 39.2 Å². The molecule has 100 valence electrons. The van der Waals surface area contributed by atoms with Crippen molar-refractivity contribution in [1.82, 2.24) is 0 Å². The van der Waals surface area contributed by atoms with Crippen molar-refractivity contribution >= 4 is 21.6 Å². The number of hydrogen-bond donors (Lipinski definition) is 1. The van der Waals surface area contributed by atoms with Gasteiger partial charge in [-0.1, -0.05) is 19.4 Å². The summed E-state index contributed by atoms with van der Waals surface area (Å²) < 4.78 is 1.17. The zero-order chi connectivity index (χ0) is 13.1. The lowest BCUT2D eigenvalue weighted by Gasteiger charge is -2.34. The second-order valence-corrected chi connectivity index (χ2v) is 6.19. The second kappa shape index (κ2) is 6.07. The van der Waals surface area contributed by atoms with Gasteiger partial charge in [0.1, 0.15) is 0 Å². The zero-order valence-corrected chi connectivity index (χ0v) is 12.9. The summed E-state index contributed by atoms with van der Waals surface area (Å²) in [5, 5.41) is 0. The van der Waals surface area contributed by atoms with Gasteiger partial charge in [-0.25, -0.2) is 0 Å². The average Bonchev–Trinajstić information content (AvgIpc) is 2.38. The summed E-state index contributed by atoms with van der Waals surface area (Å²) in [5.41, 5.74) is 8.42. The third-order valence-electron chi connectivity index (χ3n) is 4.03. The van der Waals surface area contributed by atoms with Crippen molar-refractivity contribution in [1.29, 1.82) is 0 Å². The third-order valence-corrected chi connectivity index (χ3v) is 4.67. The highest BCUT2D eigenvalue weighted by Crippen LogP contribution is 2.32. The summed E-state index contributed by atoms with van der Waals surface area (Å²) in [7, 11) is 0. The third kappa shape index (κ3) is 3.07. The fourth-order valence-corrected chi connectivity index (χ4v) is 3.29. The lowest BCUT2D eigenvalue weighted by Crippen LogP contribution is -2.33. The maximum atomic E-state index is 5.91. The summed E-state index contributed by atoms with van der Waals surface area (Å²) in [6.07, 6.45) is 3.95. The molecule has 1 heterocycles. The van der Waals surface area contributed by atoms with Crippen molar-refractivity contribution in [3.63, 3.8) is 0 Å². The first-order valence-corrected chi connectivity index (χ1v) is 7.71. The number of nitrogens with two attached hydrogens (primary N) is 1. The molecule has 1 atom stereocenters. The first-order valence-electron chi connectivity index (χ1n) is 6.91. The second-order valence-electron chi connectivity index (χ2n) is 5.34. The zero-order valence-electron chi connectivity index (χ0n) is 11.3. The summed E-state index contributed by atoms with van der Waals surface area (Å²) in [6.45, 7) is 6.67. The monoisotopic (exact) mass is 310 g/mol. The van der Waals surface area contributed by atoms with Crippen molar-refractivity contribution in [2.75, 3.05) is 18.0 Å². The molecule has 2 rings (SSSR count). The van der Waals surface area contributed by atoms with Crippen molar-refractivity contribution < 1.29 is 0 Å². The molecule has 0 saturated carbocycles. The molecule has 2 N–H and O–H groups in total. The van der Waals surface area contributed by atoms with E-state index in [0.29, 0.717) is 0 Å². The van der Waals surface area contributed by atoms with Crippen LogP contribution >= 0.6 is 15.9 Å². The first kappa shape index (κ1) is 13.9. The molecular formula is C15H23BrN2. The predicted octanol–water partition coefficient (Wildman–Crippen LogP) is 4.10. The van der Waals surface area contributed by atoms with Crippen LogP contribution in [0.1, 0.15) is 44.7 Å². The fourth-order valence-electron chi connectivity index (χ4n) is 2.64. The van der Waals surface area contributed by atoms with Gasteiger partial charge in [0.2, 0.25) is 0 Å². The predicted molar refractivity (Wildman–Crippen MR) is 82.0 cm³/mol. The van der Waals surface area contributed by atoms with E-state index in [9.17, 15) is 0 Å². The molecule has 1 fully saturated rings. The summed E-state index contributed by atoms with van der Waals surface area (Å²) in [4.78, 5) is 2.49. The Labute approximate surface area is 119 Å². The Morgan fingerprint density at radius 3 is 2.56 bits per heavy atom. The molecule has 0 radical (unpaired) electrons. The van der Waals surface area contributed by atoms with E-state index in [1.54, 1.807) is 0 Å². The quantitative estimate of drug-likeness (QED) is 0.911. The lowest BCUT2D eigenvalue weighted by molar-refractivity contribution is 0.395. The average molecular weight is 311 g/mol. The van der Waals surface area contributed by atoms with E-state index in [4.69, 9.17) is 5.73 Å². The van der Waals surface area contributed by atoms with Gasteiger partial charge < -0.3 is 10.6 Å². The highest BCUT2D eigenvalue weighted by molar-refractivity contribution is 9.10. The van der Waals surface area contributed by atoms with Crippen LogP contribution in [-0.4, -0.2) is 13.1 Å². The molecular weight excluding hydrogens is 288 g/mol. The van der Waals surface area contributed by atoms with Gasteiger partial charge in [0, 0.05) is 23.6 Å². The minimum atomic E-state index is 0.0983. The van der Waals surface area contributed by atoms with Crippen molar-refractivity contribution in [2.24, 2.45) is 11.7 Å². The maximum Gasteiger partial charge on any atom is 0.0510 e. The van der Waals surface area contributed by atoms with Crippen LogP contribution in [-0.2, 0) is 0 Å². The highest BCUT2D eigenvalue weighted by Gasteiger charge is 2.19. The van der Waals surface area contributed by atoms with Gasteiger partial charge in [0.15, 0.2) is 0 Å². The molecule has 0 aliphatic carbocycles. The normalized spacial score (nSPS) is 19.0. The van der Waals surface area contributed by atoms with Crippen LogP contribution < -0.4 is 10.6 Å². The van der Waals surface area contributed by atoms with Gasteiger partial charge in [0.05, 0.1) is 5.69 Å². The molecule has 1 aliphatic heterocycles. The number of nitrogens with zero attached hydrogens (tertiary/aromatic N) is 1. The number of benzene rings is 1. The summed E-state index contributed by atoms with van der Waals surface area (Å²) in [5.74, 6) is 0.920. The molecule has 2 nitrogen and oxygen atoms in total. The smallest absolute Gasteiger partial charge is 0.0510 e. The number of rotatable bonds is 3. The molecule has 0 amide bonds. The number of anilines is 1. The van der Waals surface area contributed by atoms with E-state index in [2.05, 4.69) is 46.0 Å². The van der Waals surface area contributed by atoms with Crippen LogP contribution in [0.5, 0.6) is 0 Å².